The summed E-state index contributed by atoms with van der Waals surface area (Å²) < 4.78 is 5.61. The van der Waals surface area contributed by atoms with Crippen LogP contribution >= 0.6 is 0 Å². The highest BCUT2D eigenvalue weighted by molar-refractivity contribution is 5.74. The number of carbonyl (C=O) groups excluding carboxylic acids is 1. The van der Waals surface area contributed by atoms with E-state index in [1.165, 1.54) is 0 Å². The molecule has 144 valence electrons. The first-order valence-corrected chi connectivity index (χ1v) is 9.00. The van der Waals surface area contributed by atoms with Gasteiger partial charge >= 0.3 is 12.0 Å². The number of ether oxygens (including phenoxy) is 1. The van der Waals surface area contributed by atoms with Crippen molar-refractivity contribution < 1.29 is 19.4 Å². The zero-order valence-electron chi connectivity index (χ0n) is 15.5. The van der Waals surface area contributed by atoms with Gasteiger partial charge in [-0.15, -0.1) is 0 Å². The molecular formula is C21H26N2O4. The summed E-state index contributed by atoms with van der Waals surface area (Å²) in [5.74, 6) is -0.110. The van der Waals surface area contributed by atoms with Gasteiger partial charge in [0.1, 0.15) is 12.4 Å². The van der Waals surface area contributed by atoms with Gasteiger partial charge in [0.25, 0.3) is 0 Å². The van der Waals surface area contributed by atoms with E-state index in [1.807, 2.05) is 60.7 Å². The van der Waals surface area contributed by atoms with Crippen LogP contribution in [-0.2, 0) is 11.2 Å². The fourth-order valence-electron chi connectivity index (χ4n) is 2.63. The van der Waals surface area contributed by atoms with Crippen LogP contribution in [0.2, 0.25) is 0 Å². The molecule has 0 saturated carbocycles. The van der Waals surface area contributed by atoms with Crippen molar-refractivity contribution in [2.24, 2.45) is 0 Å². The first-order chi connectivity index (χ1) is 13.0. The van der Waals surface area contributed by atoms with E-state index in [0.717, 1.165) is 11.3 Å². The molecular weight excluding hydrogens is 344 g/mol. The summed E-state index contributed by atoms with van der Waals surface area (Å²) in [7, 11) is 1.69. The number of hydrogen-bond acceptors (Lipinski definition) is 3. The van der Waals surface area contributed by atoms with E-state index < -0.39 is 5.97 Å². The number of hydrogen-bond donors (Lipinski definition) is 2. The van der Waals surface area contributed by atoms with Gasteiger partial charge < -0.3 is 20.1 Å². The van der Waals surface area contributed by atoms with Crippen molar-refractivity contribution in [2.75, 3.05) is 20.2 Å². The van der Waals surface area contributed by atoms with Crippen LogP contribution in [0, 0.1) is 0 Å². The number of amides is 2. The number of para-hydroxylation sites is 1. The highest BCUT2D eigenvalue weighted by Gasteiger charge is 2.17. The van der Waals surface area contributed by atoms with E-state index in [2.05, 4.69) is 5.32 Å². The molecule has 0 aliphatic carbocycles. The lowest BCUT2D eigenvalue weighted by molar-refractivity contribution is -0.137. The molecule has 2 N–H and O–H groups in total. The zero-order valence-corrected chi connectivity index (χ0v) is 15.5. The van der Waals surface area contributed by atoms with E-state index in [1.54, 1.807) is 11.9 Å². The molecule has 0 aliphatic heterocycles. The van der Waals surface area contributed by atoms with Crippen LogP contribution in [0.25, 0.3) is 0 Å². The first-order valence-electron chi connectivity index (χ1n) is 9.00. The third kappa shape index (κ3) is 7.81. The lowest BCUT2D eigenvalue weighted by atomic mass is 10.0. The maximum atomic E-state index is 12.4. The Bertz CT molecular complexity index is 707. The number of aliphatic carboxylic acids is 1. The molecule has 2 aromatic rings. The van der Waals surface area contributed by atoms with Gasteiger partial charge in [-0.25, -0.2) is 4.79 Å². The van der Waals surface area contributed by atoms with Crippen molar-refractivity contribution in [3.63, 3.8) is 0 Å². The number of nitrogens with zero attached hydrogens (tertiary/aromatic N) is 1. The Kier molecular flexibility index (Phi) is 8.16. The molecule has 2 rings (SSSR count). The van der Waals surface area contributed by atoms with Gasteiger partial charge in [-0.05, 0) is 30.5 Å². The van der Waals surface area contributed by atoms with Gasteiger partial charge in [-0.3, -0.25) is 4.79 Å². The summed E-state index contributed by atoms with van der Waals surface area (Å²) in [5, 5.41) is 11.9. The second-order valence-electron chi connectivity index (χ2n) is 6.35. The van der Waals surface area contributed by atoms with E-state index >= 15 is 0 Å². The van der Waals surface area contributed by atoms with Crippen molar-refractivity contribution in [2.45, 2.75) is 25.3 Å². The predicted octanol–water partition coefficient (Wildman–Crippen LogP) is 3.18. The lowest BCUT2D eigenvalue weighted by Crippen LogP contribution is -2.45. The Morgan fingerprint density at radius 2 is 1.70 bits per heavy atom. The summed E-state index contributed by atoms with van der Waals surface area (Å²) in [6, 6.07) is 18.7. The minimum Gasteiger partial charge on any atom is -0.492 e. The summed E-state index contributed by atoms with van der Waals surface area (Å²) in [4.78, 5) is 24.9. The molecule has 27 heavy (non-hydrogen) atoms. The number of benzene rings is 2. The normalized spacial score (nSPS) is 11.4. The molecule has 0 saturated heterocycles. The SMILES string of the molecule is CN(CCOc1ccccc1)C(=O)NC(CCC(=O)O)Cc1ccccc1. The smallest absolute Gasteiger partial charge is 0.317 e. The van der Waals surface area contributed by atoms with E-state index in [0.29, 0.717) is 26.0 Å². The van der Waals surface area contributed by atoms with Crippen molar-refractivity contribution in [3.8, 4) is 5.75 Å². The monoisotopic (exact) mass is 370 g/mol. The van der Waals surface area contributed by atoms with Gasteiger partial charge in [0.15, 0.2) is 0 Å². The molecule has 6 heteroatoms. The van der Waals surface area contributed by atoms with Crippen molar-refractivity contribution >= 4 is 12.0 Å². The Hall–Kier alpha value is -3.02. The number of urea groups is 1. The lowest BCUT2D eigenvalue weighted by Gasteiger charge is -2.23. The Balaban J connectivity index is 1.84. The first kappa shape index (κ1) is 20.3. The van der Waals surface area contributed by atoms with E-state index in [9.17, 15) is 9.59 Å². The number of likely N-dealkylation sites (N-methyl/N-ethyl adjacent to an activating group) is 1. The molecule has 2 amide bonds. The fourth-order valence-corrected chi connectivity index (χ4v) is 2.63. The third-order valence-electron chi connectivity index (χ3n) is 4.14. The van der Waals surface area contributed by atoms with E-state index in [4.69, 9.17) is 9.84 Å². The van der Waals surface area contributed by atoms with Gasteiger partial charge in [-0.1, -0.05) is 48.5 Å². The molecule has 0 fully saturated rings. The molecule has 0 radical (unpaired) electrons. The molecule has 1 unspecified atom stereocenters. The highest BCUT2D eigenvalue weighted by atomic mass is 16.5. The Morgan fingerprint density at radius 1 is 1.07 bits per heavy atom. The average Bonchev–Trinajstić information content (AvgIpc) is 2.67. The predicted molar refractivity (Wildman–Crippen MR) is 104 cm³/mol. The average molecular weight is 370 g/mol. The number of rotatable bonds is 10. The maximum Gasteiger partial charge on any atom is 0.317 e. The van der Waals surface area contributed by atoms with Crippen LogP contribution < -0.4 is 10.1 Å². The maximum absolute atomic E-state index is 12.4. The summed E-state index contributed by atoms with van der Waals surface area (Å²) in [6.45, 7) is 0.810. The largest absolute Gasteiger partial charge is 0.492 e. The second kappa shape index (κ2) is 10.9. The van der Waals surface area contributed by atoms with Gasteiger partial charge in [0.05, 0.1) is 6.54 Å². The molecule has 1 atom stereocenters. The van der Waals surface area contributed by atoms with Crippen LogP contribution in [0.15, 0.2) is 60.7 Å². The minimum absolute atomic E-state index is 0.0125. The summed E-state index contributed by atoms with van der Waals surface area (Å²) in [6.07, 6.45) is 0.983. The molecule has 6 nitrogen and oxygen atoms in total. The molecule has 0 spiro atoms. The number of carbonyl (C=O) groups is 2. The van der Waals surface area contributed by atoms with Crippen LogP contribution in [0.4, 0.5) is 4.79 Å². The zero-order chi connectivity index (χ0) is 19.5. The van der Waals surface area contributed by atoms with Crippen molar-refractivity contribution in [1.29, 1.82) is 0 Å². The summed E-state index contributed by atoms with van der Waals surface area (Å²) in [5.41, 5.74) is 1.06. The van der Waals surface area contributed by atoms with Crippen molar-refractivity contribution in [3.05, 3.63) is 66.2 Å². The van der Waals surface area contributed by atoms with Crippen LogP contribution in [0.5, 0.6) is 5.75 Å². The quantitative estimate of drug-likeness (QED) is 0.673. The summed E-state index contributed by atoms with van der Waals surface area (Å²) >= 11 is 0. The molecule has 0 aliphatic rings. The molecule has 0 heterocycles. The topological polar surface area (TPSA) is 78.9 Å². The van der Waals surface area contributed by atoms with Crippen LogP contribution in [0.1, 0.15) is 18.4 Å². The number of carboxylic acids is 1. The van der Waals surface area contributed by atoms with Gasteiger partial charge in [-0.2, -0.15) is 0 Å². The minimum atomic E-state index is -0.869. The standard InChI is InChI=1S/C21H26N2O4/c1-23(14-15-27-19-10-6-3-7-11-19)21(26)22-18(12-13-20(24)25)16-17-8-4-2-5-9-17/h2-11,18H,12-16H2,1H3,(H,22,26)(H,24,25). The number of carboxylic acid groups (broad SMARTS) is 1. The second-order valence-corrected chi connectivity index (χ2v) is 6.35. The van der Waals surface area contributed by atoms with Crippen LogP contribution in [0.3, 0.4) is 0 Å². The third-order valence-corrected chi connectivity index (χ3v) is 4.14. The van der Waals surface area contributed by atoms with Crippen molar-refractivity contribution in [1.82, 2.24) is 10.2 Å². The van der Waals surface area contributed by atoms with Gasteiger partial charge in [0.2, 0.25) is 0 Å². The number of nitrogens with one attached hydrogen (secondary N) is 1. The van der Waals surface area contributed by atoms with Crippen LogP contribution in [-0.4, -0.2) is 48.2 Å². The highest BCUT2D eigenvalue weighted by Crippen LogP contribution is 2.10. The Labute approximate surface area is 159 Å². The molecule has 0 aromatic heterocycles. The Morgan fingerprint density at radius 3 is 2.33 bits per heavy atom. The van der Waals surface area contributed by atoms with E-state index in [-0.39, 0.29) is 18.5 Å². The fraction of sp³-hybridized carbons (Fsp3) is 0.333. The molecule has 0 bridgehead atoms. The van der Waals surface area contributed by atoms with Gasteiger partial charge in [0, 0.05) is 19.5 Å². The molecule has 2 aromatic carbocycles.